The van der Waals surface area contributed by atoms with Gasteiger partial charge in [0, 0.05) is 15.9 Å². The van der Waals surface area contributed by atoms with E-state index in [1.807, 2.05) is 13.1 Å². The van der Waals surface area contributed by atoms with Crippen molar-refractivity contribution >= 4 is 58.9 Å². The first kappa shape index (κ1) is 16.0. The van der Waals surface area contributed by atoms with Gasteiger partial charge in [-0.05, 0) is 57.1 Å². The first-order chi connectivity index (χ1) is 9.44. The van der Waals surface area contributed by atoms with Crippen LogP contribution in [-0.4, -0.2) is 15.5 Å². The number of nitrogens with one attached hydrogen (secondary N) is 2. The molecule has 1 aromatic carbocycles. The Morgan fingerprint density at radius 2 is 1.95 bits per heavy atom. The monoisotopic (exact) mass is 438 g/mol. The van der Waals surface area contributed by atoms with Gasteiger partial charge in [0.2, 0.25) is 0 Å². The lowest BCUT2D eigenvalue weighted by molar-refractivity contribution is 0.601. The van der Waals surface area contributed by atoms with E-state index in [9.17, 15) is 8.42 Å². The fourth-order valence-electron chi connectivity index (χ4n) is 1.59. The highest BCUT2D eigenvalue weighted by Crippen LogP contribution is 2.33. The van der Waals surface area contributed by atoms with Crippen molar-refractivity contribution in [2.24, 2.45) is 0 Å². The van der Waals surface area contributed by atoms with Gasteiger partial charge in [0.15, 0.2) is 0 Å². The van der Waals surface area contributed by atoms with Gasteiger partial charge in [-0.15, -0.1) is 11.3 Å². The number of benzene rings is 1. The average Bonchev–Trinajstić information content (AvgIpc) is 2.74. The van der Waals surface area contributed by atoms with Gasteiger partial charge in [-0.1, -0.05) is 12.1 Å². The number of thiophene rings is 1. The second-order valence-electron chi connectivity index (χ2n) is 3.97. The average molecular weight is 440 g/mol. The van der Waals surface area contributed by atoms with Crippen LogP contribution in [0.5, 0.6) is 0 Å². The summed E-state index contributed by atoms with van der Waals surface area (Å²) in [7, 11) is -1.79. The molecule has 0 saturated carbocycles. The number of hydrogen-bond donors (Lipinski definition) is 2. The molecule has 0 unspecified atom stereocenters. The topological polar surface area (TPSA) is 58.2 Å². The molecule has 1 heterocycles. The van der Waals surface area contributed by atoms with Crippen LogP contribution in [0.3, 0.4) is 0 Å². The molecule has 0 radical (unpaired) electrons. The van der Waals surface area contributed by atoms with Gasteiger partial charge < -0.3 is 5.32 Å². The van der Waals surface area contributed by atoms with E-state index < -0.39 is 10.0 Å². The first-order valence-corrected chi connectivity index (χ1v) is 9.53. The smallest absolute Gasteiger partial charge is 0.263 e. The van der Waals surface area contributed by atoms with Crippen LogP contribution in [0.15, 0.2) is 43.5 Å². The lowest BCUT2D eigenvalue weighted by Gasteiger charge is -2.08. The zero-order chi connectivity index (χ0) is 14.8. The summed E-state index contributed by atoms with van der Waals surface area (Å²) in [6, 6.07) is 8.76. The number of para-hydroxylation sites is 1. The van der Waals surface area contributed by atoms with Gasteiger partial charge in [-0.2, -0.15) is 0 Å². The molecule has 0 saturated heterocycles. The fraction of sp³-hybridized carbons (Fsp3) is 0.167. The van der Waals surface area contributed by atoms with E-state index in [2.05, 4.69) is 41.9 Å². The molecule has 8 heteroatoms. The highest BCUT2D eigenvalue weighted by atomic mass is 79.9. The molecule has 0 fully saturated rings. The zero-order valence-electron chi connectivity index (χ0n) is 10.5. The third kappa shape index (κ3) is 3.62. The SMILES string of the molecule is CNCc1cc(S(=O)(=O)Nc2ccccc2Br)c(Br)s1. The molecule has 2 aromatic rings. The number of hydrogen-bond acceptors (Lipinski definition) is 4. The molecule has 20 heavy (non-hydrogen) atoms. The van der Waals surface area contributed by atoms with E-state index in [1.165, 1.54) is 11.3 Å². The lowest BCUT2D eigenvalue weighted by atomic mass is 10.3. The van der Waals surface area contributed by atoms with Crippen molar-refractivity contribution in [3.8, 4) is 0 Å². The summed E-state index contributed by atoms with van der Waals surface area (Å²) in [5.74, 6) is 0. The summed E-state index contributed by atoms with van der Waals surface area (Å²) in [5.41, 5.74) is 0.515. The van der Waals surface area contributed by atoms with Crippen molar-refractivity contribution in [2.75, 3.05) is 11.8 Å². The second kappa shape index (κ2) is 6.57. The molecule has 0 bridgehead atoms. The molecule has 1 aromatic heterocycles. The number of rotatable bonds is 5. The third-order valence-corrected chi connectivity index (χ3v) is 6.77. The van der Waals surface area contributed by atoms with E-state index in [1.54, 1.807) is 24.3 Å². The molecule has 0 amide bonds. The maximum absolute atomic E-state index is 12.4. The molecule has 0 aliphatic heterocycles. The Bertz CT molecular complexity index is 714. The summed E-state index contributed by atoms with van der Waals surface area (Å²) in [4.78, 5) is 1.20. The molecule has 0 atom stereocenters. The minimum Gasteiger partial charge on any atom is -0.315 e. The molecular formula is C12H12Br2N2O2S2. The molecular weight excluding hydrogens is 428 g/mol. The standard InChI is InChI=1S/C12H12Br2N2O2S2/c1-15-7-8-6-11(12(14)19-8)20(17,18)16-10-5-3-2-4-9(10)13/h2-6,15-16H,7H2,1H3. The Hall–Kier alpha value is -0.410. The van der Waals surface area contributed by atoms with Crippen LogP contribution in [0.4, 0.5) is 5.69 Å². The van der Waals surface area contributed by atoms with Crippen molar-refractivity contribution in [2.45, 2.75) is 11.4 Å². The minimum atomic E-state index is -3.61. The number of sulfonamides is 1. The summed E-state index contributed by atoms with van der Waals surface area (Å²) in [6.07, 6.45) is 0. The number of halogens is 2. The van der Waals surface area contributed by atoms with E-state index in [4.69, 9.17) is 0 Å². The van der Waals surface area contributed by atoms with Gasteiger partial charge in [-0.3, -0.25) is 4.72 Å². The molecule has 0 aliphatic rings. The highest BCUT2D eigenvalue weighted by molar-refractivity contribution is 9.11. The van der Waals surface area contributed by atoms with E-state index in [-0.39, 0.29) is 4.90 Å². The van der Waals surface area contributed by atoms with Gasteiger partial charge in [0.1, 0.15) is 4.90 Å². The van der Waals surface area contributed by atoms with Crippen LogP contribution >= 0.6 is 43.2 Å². The quantitative estimate of drug-likeness (QED) is 0.744. The van der Waals surface area contributed by atoms with Gasteiger partial charge >= 0.3 is 0 Å². The molecule has 0 spiro atoms. The second-order valence-corrected chi connectivity index (χ2v) is 8.93. The third-order valence-electron chi connectivity index (χ3n) is 2.47. The summed E-state index contributed by atoms with van der Waals surface area (Å²) in [5, 5.41) is 3.00. The predicted octanol–water partition coefficient (Wildman–Crippen LogP) is 3.79. The van der Waals surface area contributed by atoms with E-state index in [0.717, 1.165) is 4.88 Å². The Labute approximate surface area is 138 Å². The van der Waals surface area contributed by atoms with Crippen LogP contribution in [-0.2, 0) is 16.6 Å². The van der Waals surface area contributed by atoms with Crippen molar-refractivity contribution in [1.29, 1.82) is 0 Å². The van der Waals surface area contributed by atoms with Gasteiger partial charge in [0.25, 0.3) is 10.0 Å². The minimum absolute atomic E-state index is 0.253. The first-order valence-electron chi connectivity index (χ1n) is 5.64. The molecule has 2 N–H and O–H groups in total. The Kier molecular flexibility index (Phi) is 5.25. The van der Waals surface area contributed by atoms with Crippen LogP contribution in [0, 0.1) is 0 Å². The van der Waals surface area contributed by atoms with Crippen molar-refractivity contribution in [1.82, 2.24) is 5.32 Å². The lowest BCUT2D eigenvalue weighted by Crippen LogP contribution is -2.13. The van der Waals surface area contributed by atoms with Gasteiger partial charge in [0.05, 0.1) is 9.47 Å². The van der Waals surface area contributed by atoms with Crippen LogP contribution in [0.1, 0.15) is 4.88 Å². The molecule has 108 valence electrons. The summed E-state index contributed by atoms with van der Waals surface area (Å²) in [6.45, 7) is 0.633. The molecule has 4 nitrogen and oxygen atoms in total. The maximum Gasteiger partial charge on any atom is 0.263 e. The maximum atomic E-state index is 12.4. The summed E-state index contributed by atoms with van der Waals surface area (Å²) < 4.78 is 28.7. The van der Waals surface area contributed by atoms with Gasteiger partial charge in [-0.25, -0.2) is 8.42 Å². The molecule has 0 aliphatic carbocycles. The van der Waals surface area contributed by atoms with E-state index in [0.29, 0.717) is 20.5 Å². The zero-order valence-corrected chi connectivity index (χ0v) is 15.3. The normalized spacial score (nSPS) is 11.6. The van der Waals surface area contributed by atoms with Crippen molar-refractivity contribution in [3.05, 3.63) is 43.5 Å². The van der Waals surface area contributed by atoms with Crippen LogP contribution in [0.2, 0.25) is 0 Å². The Morgan fingerprint density at radius 3 is 2.60 bits per heavy atom. The largest absolute Gasteiger partial charge is 0.315 e. The van der Waals surface area contributed by atoms with Crippen LogP contribution < -0.4 is 10.0 Å². The fourth-order valence-corrected chi connectivity index (χ4v) is 5.88. The van der Waals surface area contributed by atoms with Crippen LogP contribution in [0.25, 0.3) is 0 Å². The highest BCUT2D eigenvalue weighted by Gasteiger charge is 2.21. The number of anilines is 1. The van der Waals surface area contributed by atoms with E-state index >= 15 is 0 Å². The Morgan fingerprint density at radius 1 is 1.25 bits per heavy atom. The Balaban J connectivity index is 2.33. The van der Waals surface area contributed by atoms with Crippen molar-refractivity contribution in [3.63, 3.8) is 0 Å². The predicted molar refractivity (Wildman–Crippen MR) is 89.7 cm³/mol. The van der Waals surface area contributed by atoms with Crippen molar-refractivity contribution < 1.29 is 8.42 Å². The molecule has 2 rings (SSSR count). The summed E-state index contributed by atoms with van der Waals surface area (Å²) >= 11 is 8.04.